The van der Waals surface area contributed by atoms with Crippen LogP contribution in [0.3, 0.4) is 0 Å². The molecule has 1 aromatic heterocycles. The van der Waals surface area contributed by atoms with Gasteiger partial charge in [0.1, 0.15) is 0 Å². The number of aromatic nitrogens is 2. The van der Waals surface area contributed by atoms with Crippen LogP contribution in [0.4, 0.5) is 0 Å². The zero-order valence-corrected chi connectivity index (χ0v) is 11.7. The molecule has 0 spiro atoms. The number of hydrogen-bond acceptors (Lipinski definition) is 4. The van der Waals surface area contributed by atoms with Gasteiger partial charge in [-0.15, -0.1) is 0 Å². The number of thiol groups is 1. The van der Waals surface area contributed by atoms with Crippen LogP contribution in [0.5, 0.6) is 0 Å². The molecule has 2 aliphatic carbocycles. The smallest absolute Gasteiger partial charge is 0.230 e. The van der Waals surface area contributed by atoms with Crippen LogP contribution in [0.2, 0.25) is 0 Å². The van der Waals surface area contributed by atoms with Gasteiger partial charge in [-0.1, -0.05) is 37.3 Å². The highest BCUT2D eigenvalue weighted by Gasteiger charge is 2.30. The molecule has 0 aromatic carbocycles. The van der Waals surface area contributed by atoms with E-state index in [-0.39, 0.29) is 0 Å². The Morgan fingerprint density at radius 3 is 2.44 bits per heavy atom. The van der Waals surface area contributed by atoms with Crippen LogP contribution in [0.15, 0.2) is 4.52 Å². The molecular weight excluding hydrogens is 244 g/mol. The second-order valence-corrected chi connectivity index (χ2v) is 6.45. The van der Waals surface area contributed by atoms with Crippen LogP contribution < -0.4 is 0 Å². The molecule has 2 atom stereocenters. The molecule has 2 saturated carbocycles. The van der Waals surface area contributed by atoms with E-state index in [4.69, 9.17) is 4.52 Å². The predicted molar refractivity (Wildman–Crippen MR) is 74.1 cm³/mol. The van der Waals surface area contributed by atoms with Gasteiger partial charge in [-0.05, 0) is 25.7 Å². The van der Waals surface area contributed by atoms with Gasteiger partial charge in [0.05, 0.1) is 5.92 Å². The van der Waals surface area contributed by atoms with Crippen molar-refractivity contribution in [2.24, 2.45) is 0 Å². The van der Waals surface area contributed by atoms with Gasteiger partial charge in [-0.3, -0.25) is 0 Å². The van der Waals surface area contributed by atoms with Crippen molar-refractivity contribution in [3.63, 3.8) is 0 Å². The van der Waals surface area contributed by atoms with Gasteiger partial charge >= 0.3 is 0 Å². The first-order valence-electron chi connectivity index (χ1n) is 7.36. The summed E-state index contributed by atoms with van der Waals surface area (Å²) in [6, 6.07) is 0. The lowest BCUT2D eigenvalue weighted by Crippen LogP contribution is -2.18. The largest absolute Gasteiger partial charge is 0.339 e. The maximum Gasteiger partial charge on any atom is 0.230 e. The standard InChI is InChI=1S/C14H22N2OS/c18-12-9-5-4-8-11(12)14-15-13(16-17-14)10-6-2-1-3-7-10/h10-12,18H,1-9H2. The third-order valence-corrected chi connectivity index (χ3v) is 5.09. The van der Waals surface area contributed by atoms with Gasteiger partial charge in [0.2, 0.25) is 5.89 Å². The molecule has 2 aliphatic rings. The molecule has 2 fully saturated rings. The summed E-state index contributed by atoms with van der Waals surface area (Å²) >= 11 is 4.68. The van der Waals surface area contributed by atoms with E-state index in [1.165, 1.54) is 51.4 Å². The third-order valence-electron chi connectivity index (χ3n) is 4.47. The molecule has 0 aliphatic heterocycles. The van der Waals surface area contributed by atoms with E-state index in [0.717, 1.165) is 18.1 Å². The first kappa shape index (κ1) is 12.5. The number of rotatable bonds is 2. The second kappa shape index (κ2) is 5.64. The lowest BCUT2D eigenvalue weighted by atomic mass is 9.88. The molecule has 4 heteroatoms. The van der Waals surface area contributed by atoms with Crippen molar-refractivity contribution < 1.29 is 4.52 Å². The quantitative estimate of drug-likeness (QED) is 0.820. The molecule has 2 unspecified atom stereocenters. The highest BCUT2D eigenvalue weighted by Crippen LogP contribution is 2.37. The predicted octanol–water partition coefficient (Wildman–Crippen LogP) is 4.07. The highest BCUT2D eigenvalue weighted by molar-refractivity contribution is 7.81. The highest BCUT2D eigenvalue weighted by atomic mass is 32.1. The summed E-state index contributed by atoms with van der Waals surface area (Å²) in [6.07, 6.45) is 11.3. The zero-order valence-electron chi connectivity index (χ0n) is 10.8. The Bertz CT molecular complexity index is 387. The molecule has 1 heterocycles. The van der Waals surface area contributed by atoms with Gasteiger partial charge in [0.25, 0.3) is 0 Å². The van der Waals surface area contributed by atoms with Crippen molar-refractivity contribution in [3.05, 3.63) is 11.7 Å². The van der Waals surface area contributed by atoms with Crippen molar-refractivity contribution in [2.45, 2.75) is 74.9 Å². The third kappa shape index (κ3) is 2.58. The van der Waals surface area contributed by atoms with Crippen molar-refractivity contribution in [1.82, 2.24) is 10.1 Å². The van der Waals surface area contributed by atoms with E-state index in [0.29, 0.717) is 17.1 Å². The minimum Gasteiger partial charge on any atom is -0.339 e. The van der Waals surface area contributed by atoms with Gasteiger partial charge in [-0.2, -0.15) is 17.6 Å². The second-order valence-electron chi connectivity index (χ2n) is 5.78. The lowest BCUT2D eigenvalue weighted by molar-refractivity contribution is 0.313. The minimum atomic E-state index is 0.381. The van der Waals surface area contributed by atoms with Crippen molar-refractivity contribution >= 4 is 12.6 Å². The number of hydrogen-bond donors (Lipinski definition) is 1. The average Bonchev–Trinajstić information content (AvgIpc) is 2.90. The number of nitrogens with zero attached hydrogens (tertiary/aromatic N) is 2. The Morgan fingerprint density at radius 1 is 0.944 bits per heavy atom. The molecule has 1 aromatic rings. The van der Waals surface area contributed by atoms with Crippen LogP contribution in [-0.4, -0.2) is 15.4 Å². The van der Waals surface area contributed by atoms with Crippen molar-refractivity contribution in [3.8, 4) is 0 Å². The van der Waals surface area contributed by atoms with E-state index in [1.54, 1.807) is 0 Å². The summed E-state index contributed by atoms with van der Waals surface area (Å²) in [4.78, 5) is 4.68. The van der Waals surface area contributed by atoms with E-state index < -0.39 is 0 Å². The Labute approximate surface area is 114 Å². The molecule has 0 N–H and O–H groups in total. The molecule has 0 radical (unpaired) electrons. The summed E-state index contributed by atoms with van der Waals surface area (Å²) < 4.78 is 5.52. The van der Waals surface area contributed by atoms with Gasteiger partial charge < -0.3 is 4.52 Å². The first-order chi connectivity index (χ1) is 8.84. The zero-order chi connectivity index (χ0) is 12.4. The molecule has 100 valence electrons. The fourth-order valence-corrected chi connectivity index (χ4v) is 3.78. The molecule has 0 amide bonds. The summed E-state index contributed by atoms with van der Waals surface area (Å²) in [6.45, 7) is 0. The normalized spacial score (nSPS) is 30.5. The van der Waals surface area contributed by atoms with Crippen LogP contribution in [0.1, 0.15) is 81.3 Å². The minimum absolute atomic E-state index is 0.381. The van der Waals surface area contributed by atoms with E-state index >= 15 is 0 Å². The van der Waals surface area contributed by atoms with Gasteiger partial charge in [-0.25, -0.2) is 0 Å². The Morgan fingerprint density at radius 2 is 1.67 bits per heavy atom. The Balaban J connectivity index is 1.71. The molecular formula is C14H22N2OS. The SMILES string of the molecule is SC1CCCCC1c1nc(C2CCCCC2)no1. The van der Waals surface area contributed by atoms with Crippen LogP contribution in [0, 0.1) is 0 Å². The monoisotopic (exact) mass is 266 g/mol. The first-order valence-corrected chi connectivity index (χ1v) is 7.88. The molecule has 0 bridgehead atoms. The molecule has 3 nitrogen and oxygen atoms in total. The van der Waals surface area contributed by atoms with E-state index in [2.05, 4.69) is 22.8 Å². The Kier molecular flexibility index (Phi) is 3.92. The maximum absolute atomic E-state index is 5.52. The summed E-state index contributed by atoms with van der Waals surface area (Å²) in [5.74, 6) is 2.72. The van der Waals surface area contributed by atoms with Gasteiger partial charge in [0.15, 0.2) is 5.82 Å². The Hall–Kier alpha value is -0.510. The fraction of sp³-hybridized carbons (Fsp3) is 0.857. The molecule has 18 heavy (non-hydrogen) atoms. The van der Waals surface area contributed by atoms with E-state index in [9.17, 15) is 0 Å². The average molecular weight is 266 g/mol. The maximum atomic E-state index is 5.52. The van der Waals surface area contributed by atoms with E-state index in [1.807, 2.05) is 0 Å². The van der Waals surface area contributed by atoms with Gasteiger partial charge in [0, 0.05) is 11.2 Å². The van der Waals surface area contributed by atoms with Crippen molar-refractivity contribution in [2.75, 3.05) is 0 Å². The summed E-state index contributed by atoms with van der Waals surface area (Å²) in [5, 5.41) is 4.63. The summed E-state index contributed by atoms with van der Waals surface area (Å²) in [5.41, 5.74) is 0. The molecule has 3 rings (SSSR count). The summed E-state index contributed by atoms with van der Waals surface area (Å²) in [7, 11) is 0. The molecule has 0 saturated heterocycles. The topological polar surface area (TPSA) is 38.9 Å². The van der Waals surface area contributed by atoms with Crippen LogP contribution in [0.25, 0.3) is 0 Å². The van der Waals surface area contributed by atoms with Crippen LogP contribution in [-0.2, 0) is 0 Å². The van der Waals surface area contributed by atoms with Crippen molar-refractivity contribution in [1.29, 1.82) is 0 Å². The lowest BCUT2D eigenvalue weighted by Gasteiger charge is -2.24. The fourth-order valence-electron chi connectivity index (χ4n) is 3.32. The van der Waals surface area contributed by atoms with Crippen LogP contribution >= 0.6 is 12.6 Å².